The summed E-state index contributed by atoms with van der Waals surface area (Å²) in [6, 6.07) is 21.7. The van der Waals surface area contributed by atoms with Crippen LogP contribution in [0.5, 0.6) is 0 Å². The van der Waals surface area contributed by atoms with Gasteiger partial charge in [0.2, 0.25) is 0 Å². The topological polar surface area (TPSA) is 74.2 Å². The molecular weight excluding hydrogens is 400 g/mol. The molecule has 3 heterocycles. The molecule has 1 fully saturated rings. The van der Waals surface area contributed by atoms with E-state index >= 15 is 0 Å². The number of piperazine rings is 1. The van der Waals surface area contributed by atoms with Crippen molar-refractivity contribution >= 4 is 34.1 Å². The van der Waals surface area contributed by atoms with E-state index in [0.717, 1.165) is 46.6 Å². The number of benzene rings is 2. The lowest BCUT2D eigenvalue weighted by Crippen LogP contribution is -2.49. The fourth-order valence-corrected chi connectivity index (χ4v) is 3.95. The number of nitrogens with one attached hydrogen (secondary N) is 1. The molecule has 0 atom stereocenters. The van der Waals surface area contributed by atoms with Crippen molar-refractivity contribution in [2.45, 2.75) is 6.92 Å². The van der Waals surface area contributed by atoms with Crippen LogP contribution in [0.2, 0.25) is 0 Å². The van der Waals surface area contributed by atoms with Gasteiger partial charge in [-0.15, -0.1) is 10.2 Å². The standard InChI is InChI=1S/C25H24N6O/c1-18-9-10-22(26-17-18)27-23-11-12-24(29-28-23)30-13-15-31(16-14-30)25(32)21-8-4-6-19-5-2-3-7-20(19)21/h2-12,17H,13-16H2,1H3,(H,26,27,28). The highest BCUT2D eigenvalue weighted by Crippen LogP contribution is 2.22. The number of fused-ring (bicyclic) bond motifs is 1. The molecule has 0 spiro atoms. The minimum absolute atomic E-state index is 0.0812. The molecule has 2 aromatic carbocycles. The summed E-state index contributed by atoms with van der Waals surface area (Å²) in [7, 11) is 0. The second kappa shape index (κ2) is 8.63. The number of pyridine rings is 1. The molecule has 32 heavy (non-hydrogen) atoms. The number of nitrogens with zero attached hydrogens (tertiary/aromatic N) is 5. The Bertz CT molecular complexity index is 1230. The number of carbonyl (C=O) groups is 1. The fourth-order valence-electron chi connectivity index (χ4n) is 3.95. The lowest BCUT2D eigenvalue weighted by molar-refractivity contribution is 0.0748. The summed E-state index contributed by atoms with van der Waals surface area (Å²) in [6.07, 6.45) is 1.81. The number of hydrogen-bond donors (Lipinski definition) is 1. The highest BCUT2D eigenvalue weighted by atomic mass is 16.2. The van der Waals surface area contributed by atoms with Gasteiger partial charge in [0.1, 0.15) is 5.82 Å². The number of rotatable bonds is 4. The Morgan fingerprint density at radius 1 is 0.844 bits per heavy atom. The van der Waals surface area contributed by atoms with Gasteiger partial charge in [-0.05, 0) is 47.5 Å². The molecule has 7 heteroatoms. The van der Waals surface area contributed by atoms with Crippen molar-refractivity contribution in [3.63, 3.8) is 0 Å². The van der Waals surface area contributed by atoms with Gasteiger partial charge in [0.25, 0.3) is 5.91 Å². The van der Waals surface area contributed by atoms with Crippen LogP contribution in [0.25, 0.3) is 10.8 Å². The van der Waals surface area contributed by atoms with Crippen LogP contribution in [0.15, 0.2) is 72.9 Å². The summed E-state index contributed by atoms with van der Waals surface area (Å²) in [6.45, 7) is 4.74. The number of aryl methyl sites for hydroxylation is 1. The van der Waals surface area contributed by atoms with Crippen molar-refractivity contribution in [2.75, 3.05) is 36.4 Å². The molecular formula is C25H24N6O. The van der Waals surface area contributed by atoms with Gasteiger partial charge in [-0.1, -0.05) is 42.5 Å². The lowest BCUT2D eigenvalue weighted by Gasteiger charge is -2.35. The fraction of sp³-hybridized carbons (Fsp3) is 0.200. The van der Waals surface area contributed by atoms with Gasteiger partial charge in [0, 0.05) is 37.9 Å². The van der Waals surface area contributed by atoms with E-state index in [-0.39, 0.29) is 5.91 Å². The molecule has 0 aliphatic carbocycles. The third kappa shape index (κ3) is 4.09. The van der Waals surface area contributed by atoms with Crippen LogP contribution in [0.1, 0.15) is 15.9 Å². The van der Waals surface area contributed by atoms with E-state index in [4.69, 9.17) is 0 Å². The second-order valence-electron chi connectivity index (χ2n) is 7.93. The molecule has 1 aliphatic heterocycles. The molecule has 0 unspecified atom stereocenters. The molecule has 0 bridgehead atoms. The van der Waals surface area contributed by atoms with Crippen LogP contribution >= 0.6 is 0 Å². The normalized spacial score (nSPS) is 13.9. The van der Waals surface area contributed by atoms with E-state index in [9.17, 15) is 4.79 Å². The summed E-state index contributed by atoms with van der Waals surface area (Å²) in [4.78, 5) is 21.6. The first kappa shape index (κ1) is 19.9. The number of anilines is 3. The zero-order valence-electron chi connectivity index (χ0n) is 17.9. The van der Waals surface area contributed by atoms with Crippen LogP contribution in [0, 0.1) is 6.92 Å². The monoisotopic (exact) mass is 424 g/mol. The smallest absolute Gasteiger partial charge is 0.254 e. The molecule has 1 saturated heterocycles. The summed E-state index contributed by atoms with van der Waals surface area (Å²) < 4.78 is 0. The third-order valence-electron chi connectivity index (χ3n) is 5.73. The predicted octanol–water partition coefficient (Wildman–Crippen LogP) is 4.04. The average Bonchev–Trinajstić information content (AvgIpc) is 2.85. The van der Waals surface area contributed by atoms with Crippen molar-refractivity contribution in [2.24, 2.45) is 0 Å². The van der Waals surface area contributed by atoms with Crippen molar-refractivity contribution in [1.29, 1.82) is 0 Å². The van der Waals surface area contributed by atoms with Crippen molar-refractivity contribution in [1.82, 2.24) is 20.1 Å². The summed E-state index contributed by atoms with van der Waals surface area (Å²) in [5.74, 6) is 2.27. The van der Waals surface area contributed by atoms with Crippen LogP contribution in [-0.4, -0.2) is 52.2 Å². The van der Waals surface area contributed by atoms with Gasteiger partial charge in [0.15, 0.2) is 11.6 Å². The van der Waals surface area contributed by atoms with Gasteiger partial charge in [-0.2, -0.15) is 0 Å². The molecule has 4 aromatic rings. The van der Waals surface area contributed by atoms with Gasteiger partial charge >= 0.3 is 0 Å². The first-order chi connectivity index (χ1) is 15.7. The molecule has 1 N–H and O–H groups in total. The summed E-state index contributed by atoms with van der Waals surface area (Å²) in [5, 5.41) is 13.9. The lowest BCUT2D eigenvalue weighted by atomic mass is 10.0. The Hall–Kier alpha value is -4.00. The van der Waals surface area contributed by atoms with Crippen molar-refractivity contribution < 1.29 is 4.79 Å². The maximum Gasteiger partial charge on any atom is 0.254 e. The molecule has 0 saturated carbocycles. The predicted molar refractivity (Wildman–Crippen MR) is 126 cm³/mol. The van der Waals surface area contributed by atoms with E-state index in [0.29, 0.717) is 18.9 Å². The highest BCUT2D eigenvalue weighted by molar-refractivity contribution is 6.07. The van der Waals surface area contributed by atoms with Crippen LogP contribution in [-0.2, 0) is 0 Å². The number of hydrogen-bond acceptors (Lipinski definition) is 6. The first-order valence-corrected chi connectivity index (χ1v) is 10.7. The molecule has 7 nitrogen and oxygen atoms in total. The van der Waals surface area contributed by atoms with Crippen molar-refractivity contribution in [3.05, 3.63) is 84.1 Å². The van der Waals surface area contributed by atoms with Crippen LogP contribution < -0.4 is 10.2 Å². The average molecular weight is 425 g/mol. The van der Waals surface area contributed by atoms with Gasteiger partial charge < -0.3 is 15.1 Å². The van der Waals surface area contributed by atoms with Gasteiger partial charge in [-0.3, -0.25) is 4.79 Å². The number of amides is 1. The Kier molecular flexibility index (Phi) is 5.37. The summed E-state index contributed by atoms with van der Waals surface area (Å²) in [5.41, 5.74) is 1.87. The Balaban J connectivity index is 1.22. The van der Waals surface area contributed by atoms with Gasteiger partial charge in [0.05, 0.1) is 0 Å². The quantitative estimate of drug-likeness (QED) is 0.533. The maximum absolute atomic E-state index is 13.2. The molecule has 0 radical (unpaired) electrons. The molecule has 1 aliphatic rings. The maximum atomic E-state index is 13.2. The minimum Gasteiger partial charge on any atom is -0.352 e. The Morgan fingerprint density at radius 3 is 2.38 bits per heavy atom. The van der Waals surface area contributed by atoms with Gasteiger partial charge in [-0.25, -0.2) is 4.98 Å². The second-order valence-corrected chi connectivity index (χ2v) is 7.93. The van der Waals surface area contributed by atoms with Crippen LogP contribution in [0.3, 0.4) is 0 Å². The van der Waals surface area contributed by atoms with E-state index in [1.165, 1.54) is 0 Å². The molecule has 2 aromatic heterocycles. The van der Waals surface area contributed by atoms with Crippen LogP contribution in [0.4, 0.5) is 17.5 Å². The minimum atomic E-state index is 0.0812. The zero-order valence-corrected chi connectivity index (χ0v) is 17.9. The molecule has 5 rings (SSSR count). The summed E-state index contributed by atoms with van der Waals surface area (Å²) >= 11 is 0. The molecule has 1 amide bonds. The third-order valence-corrected chi connectivity index (χ3v) is 5.73. The first-order valence-electron chi connectivity index (χ1n) is 10.7. The zero-order chi connectivity index (χ0) is 21.9. The Labute approximate surface area is 186 Å². The largest absolute Gasteiger partial charge is 0.352 e. The van der Waals surface area contributed by atoms with E-state index in [1.807, 2.05) is 84.8 Å². The molecule has 160 valence electrons. The SMILES string of the molecule is Cc1ccc(Nc2ccc(N3CCN(C(=O)c4cccc5ccccc45)CC3)nn2)nc1. The van der Waals surface area contributed by atoms with E-state index in [1.54, 1.807) is 0 Å². The Morgan fingerprint density at radius 2 is 1.62 bits per heavy atom. The number of aromatic nitrogens is 3. The number of carbonyl (C=O) groups excluding carboxylic acids is 1. The van der Waals surface area contributed by atoms with Crippen molar-refractivity contribution in [3.8, 4) is 0 Å². The van der Waals surface area contributed by atoms with E-state index in [2.05, 4.69) is 25.4 Å². The highest BCUT2D eigenvalue weighted by Gasteiger charge is 2.24. The van der Waals surface area contributed by atoms with E-state index < -0.39 is 0 Å².